The molecule has 0 spiro atoms. The summed E-state index contributed by atoms with van der Waals surface area (Å²) >= 11 is 0. The lowest BCUT2D eigenvalue weighted by Crippen LogP contribution is -2.52. The van der Waals surface area contributed by atoms with Crippen molar-refractivity contribution in [2.24, 2.45) is 0 Å². The lowest BCUT2D eigenvalue weighted by Gasteiger charge is -2.38. The number of aliphatic hydroxyl groups excluding tert-OH is 1. The van der Waals surface area contributed by atoms with Crippen molar-refractivity contribution in [1.82, 2.24) is 10.2 Å². The zero-order valence-corrected chi connectivity index (χ0v) is 10.2. The molecule has 0 amide bonds. The fraction of sp³-hybridized carbons (Fsp3) is 1.00. The molecule has 2 saturated heterocycles. The number of morpholine rings is 1. The van der Waals surface area contributed by atoms with Gasteiger partial charge in [-0.1, -0.05) is 6.42 Å². The van der Waals surface area contributed by atoms with E-state index in [1.165, 1.54) is 19.3 Å². The van der Waals surface area contributed by atoms with Gasteiger partial charge in [-0.2, -0.15) is 0 Å². The highest BCUT2D eigenvalue weighted by atomic mass is 16.5. The van der Waals surface area contributed by atoms with Crippen molar-refractivity contribution >= 4 is 0 Å². The van der Waals surface area contributed by atoms with Crippen LogP contribution >= 0.6 is 0 Å². The summed E-state index contributed by atoms with van der Waals surface area (Å²) < 4.78 is 5.64. The van der Waals surface area contributed by atoms with Crippen molar-refractivity contribution in [2.45, 2.75) is 44.4 Å². The predicted octanol–water partition coefficient (Wildman–Crippen LogP) is 0.210. The molecule has 0 aromatic carbocycles. The van der Waals surface area contributed by atoms with Crippen LogP contribution in [0.3, 0.4) is 0 Å². The number of nitrogens with one attached hydrogen (secondary N) is 1. The molecule has 0 aromatic rings. The number of aliphatic hydroxyl groups is 1. The Labute approximate surface area is 98.0 Å². The van der Waals surface area contributed by atoms with Crippen LogP contribution in [0.15, 0.2) is 0 Å². The molecule has 4 nitrogen and oxygen atoms in total. The van der Waals surface area contributed by atoms with E-state index in [4.69, 9.17) is 9.84 Å². The molecule has 0 bridgehead atoms. The Morgan fingerprint density at radius 3 is 2.94 bits per heavy atom. The zero-order valence-electron chi connectivity index (χ0n) is 10.2. The van der Waals surface area contributed by atoms with Crippen LogP contribution in [-0.4, -0.2) is 61.0 Å². The van der Waals surface area contributed by atoms with E-state index in [-0.39, 0.29) is 18.8 Å². The summed E-state index contributed by atoms with van der Waals surface area (Å²) in [6.07, 6.45) is 4.20. The lowest BCUT2D eigenvalue weighted by molar-refractivity contribution is -0.0969. The molecule has 4 heteroatoms. The van der Waals surface area contributed by atoms with Gasteiger partial charge in [0.25, 0.3) is 0 Å². The van der Waals surface area contributed by atoms with Crippen molar-refractivity contribution in [3.8, 4) is 0 Å². The highest BCUT2D eigenvalue weighted by molar-refractivity contribution is 4.81. The van der Waals surface area contributed by atoms with E-state index in [1.54, 1.807) is 0 Å². The van der Waals surface area contributed by atoms with E-state index >= 15 is 0 Å². The maximum absolute atomic E-state index is 9.17. The minimum atomic E-state index is 0.00680. The second kappa shape index (κ2) is 5.96. The second-order valence-corrected chi connectivity index (χ2v) is 5.12. The molecule has 2 rings (SSSR count). The highest BCUT2D eigenvalue weighted by Gasteiger charge is 2.26. The molecule has 2 aliphatic heterocycles. The van der Waals surface area contributed by atoms with Crippen molar-refractivity contribution < 1.29 is 9.84 Å². The number of piperidine rings is 1. The van der Waals surface area contributed by atoms with Crippen LogP contribution in [0.2, 0.25) is 0 Å². The smallest absolute Gasteiger partial charge is 0.0936 e. The molecule has 3 unspecified atom stereocenters. The van der Waals surface area contributed by atoms with E-state index in [0.29, 0.717) is 6.04 Å². The third-order valence-electron chi connectivity index (χ3n) is 3.50. The summed E-state index contributed by atoms with van der Waals surface area (Å²) in [7, 11) is 0. The fourth-order valence-electron chi connectivity index (χ4n) is 2.78. The fourth-order valence-corrected chi connectivity index (χ4v) is 2.78. The van der Waals surface area contributed by atoms with E-state index in [0.717, 1.165) is 26.2 Å². The van der Waals surface area contributed by atoms with Crippen LogP contribution in [-0.2, 0) is 4.74 Å². The van der Waals surface area contributed by atoms with Gasteiger partial charge in [-0.15, -0.1) is 0 Å². The second-order valence-electron chi connectivity index (χ2n) is 5.12. The van der Waals surface area contributed by atoms with Gasteiger partial charge < -0.3 is 15.2 Å². The van der Waals surface area contributed by atoms with Crippen LogP contribution < -0.4 is 5.32 Å². The Morgan fingerprint density at radius 1 is 1.38 bits per heavy atom. The quantitative estimate of drug-likeness (QED) is 0.725. The molecular formula is C12H24N2O2. The number of hydrogen-bond acceptors (Lipinski definition) is 4. The molecule has 0 saturated carbocycles. The predicted molar refractivity (Wildman–Crippen MR) is 63.5 cm³/mol. The van der Waals surface area contributed by atoms with Crippen LogP contribution in [0.1, 0.15) is 26.2 Å². The molecule has 2 aliphatic rings. The number of nitrogens with zero attached hydrogens (tertiary/aromatic N) is 1. The van der Waals surface area contributed by atoms with Gasteiger partial charge in [0, 0.05) is 25.7 Å². The average Bonchev–Trinajstić information content (AvgIpc) is 2.29. The molecule has 94 valence electrons. The normalized spacial score (nSPS) is 37.5. The minimum Gasteiger partial charge on any atom is -0.394 e. The van der Waals surface area contributed by atoms with Gasteiger partial charge in [-0.25, -0.2) is 0 Å². The average molecular weight is 228 g/mol. The molecule has 0 aromatic heterocycles. The summed E-state index contributed by atoms with van der Waals surface area (Å²) in [5, 5.41) is 12.7. The molecule has 3 atom stereocenters. The number of rotatable bonds is 3. The Kier molecular flexibility index (Phi) is 4.58. The summed E-state index contributed by atoms with van der Waals surface area (Å²) in [5.74, 6) is 0. The van der Waals surface area contributed by atoms with Crippen LogP contribution in [0, 0.1) is 0 Å². The Balaban J connectivity index is 1.78. The van der Waals surface area contributed by atoms with Crippen LogP contribution in [0.5, 0.6) is 0 Å². The Morgan fingerprint density at radius 2 is 2.25 bits per heavy atom. The van der Waals surface area contributed by atoms with E-state index < -0.39 is 0 Å². The standard InChI is InChI=1S/C12H24N2O2/c1-10-6-14(8-12(9-15)16-10)7-11-4-2-3-5-13-11/h10-13,15H,2-9H2,1H3. The molecule has 0 aliphatic carbocycles. The first-order chi connectivity index (χ1) is 7.78. The first-order valence-electron chi connectivity index (χ1n) is 6.50. The molecule has 16 heavy (non-hydrogen) atoms. The van der Waals surface area contributed by atoms with Crippen LogP contribution in [0.4, 0.5) is 0 Å². The molecular weight excluding hydrogens is 204 g/mol. The van der Waals surface area contributed by atoms with Gasteiger partial charge in [0.15, 0.2) is 0 Å². The van der Waals surface area contributed by atoms with Gasteiger partial charge in [0.05, 0.1) is 18.8 Å². The summed E-state index contributed by atoms with van der Waals surface area (Å²) in [6.45, 7) is 6.36. The number of ether oxygens (including phenoxy) is 1. The zero-order chi connectivity index (χ0) is 11.4. The monoisotopic (exact) mass is 228 g/mol. The topological polar surface area (TPSA) is 44.7 Å². The SMILES string of the molecule is CC1CN(CC2CCCCN2)CC(CO)O1. The van der Waals surface area contributed by atoms with Gasteiger partial charge in [0.2, 0.25) is 0 Å². The van der Waals surface area contributed by atoms with Crippen LogP contribution in [0.25, 0.3) is 0 Å². The van der Waals surface area contributed by atoms with Crippen molar-refractivity contribution in [3.63, 3.8) is 0 Å². The largest absolute Gasteiger partial charge is 0.394 e. The Hall–Kier alpha value is -0.160. The molecule has 2 fully saturated rings. The number of hydrogen-bond donors (Lipinski definition) is 2. The van der Waals surface area contributed by atoms with E-state index in [1.807, 2.05) is 0 Å². The Bertz CT molecular complexity index is 207. The maximum Gasteiger partial charge on any atom is 0.0936 e. The van der Waals surface area contributed by atoms with Crippen molar-refractivity contribution in [1.29, 1.82) is 0 Å². The van der Waals surface area contributed by atoms with Gasteiger partial charge in [0.1, 0.15) is 0 Å². The van der Waals surface area contributed by atoms with E-state index in [9.17, 15) is 0 Å². The van der Waals surface area contributed by atoms with Gasteiger partial charge >= 0.3 is 0 Å². The van der Waals surface area contributed by atoms with Gasteiger partial charge in [-0.05, 0) is 26.3 Å². The first kappa shape index (κ1) is 12.3. The van der Waals surface area contributed by atoms with E-state index in [2.05, 4.69) is 17.1 Å². The lowest BCUT2D eigenvalue weighted by atomic mass is 10.0. The van der Waals surface area contributed by atoms with Crippen molar-refractivity contribution in [3.05, 3.63) is 0 Å². The maximum atomic E-state index is 9.17. The minimum absolute atomic E-state index is 0.00680. The molecule has 0 radical (unpaired) electrons. The third-order valence-corrected chi connectivity index (χ3v) is 3.50. The summed E-state index contributed by atoms with van der Waals surface area (Å²) in [6, 6.07) is 0.637. The van der Waals surface area contributed by atoms with Gasteiger partial charge in [-0.3, -0.25) is 4.90 Å². The summed E-state index contributed by atoms with van der Waals surface area (Å²) in [4.78, 5) is 2.43. The summed E-state index contributed by atoms with van der Waals surface area (Å²) in [5.41, 5.74) is 0. The molecule has 2 heterocycles. The highest BCUT2D eigenvalue weighted by Crippen LogP contribution is 2.14. The first-order valence-corrected chi connectivity index (χ1v) is 6.50. The van der Waals surface area contributed by atoms with Crippen molar-refractivity contribution in [2.75, 3.05) is 32.8 Å². The third kappa shape index (κ3) is 3.42. The molecule has 2 N–H and O–H groups in total.